The number of ether oxygens (including phenoxy) is 1. The van der Waals surface area contributed by atoms with E-state index in [9.17, 15) is 27.9 Å². The zero-order chi connectivity index (χ0) is 22.8. The molecule has 1 aromatic heterocycles. The average Bonchev–Trinajstić information content (AvgIpc) is 3.16. The van der Waals surface area contributed by atoms with Crippen molar-refractivity contribution in [2.45, 2.75) is 38.3 Å². The van der Waals surface area contributed by atoms with Gasteiger partial charge in [0.25, 0.3) is 0 Å². The monoisotopic (exact) mass is 438 g/mol. The third kappa shape index (κ3) is 4.61. The van der Waals surface area contributed by atoms with E-state index in [0.717, 1.165) is 6.20 Å². The summed E-state index contributed by atoms with van der Waals surface area (Å²) in [5.41, 5.74) is -0.276. The maximum absolute atomic E-state index is 14.0. The van der Waals surface area contributed by atoms with Crippen LogP contribution in [0.3, 0.4) is 0 Å². The quantitative estimate of drug-likeness (QED) is 0.688. The molecule has 0 spiro atoms. The maximum Gasteiger partial charge on any atom is 0.415 e. The molecular formula is C20H21F3N4O4. The van der Waals surface area contributed by atoms with Crippen LogP contribution in [0.5, 0.6) is 0 Å². The fourth-order valence-electron chi connectivity index (χ4n) is 3.50. The molecule has 3 atom stereocenters. The van der Waals surface area contributed by atoms with Gasteiger partial charge in [-0.3, -0.25) is 4.79 Å². The second kappa shape index (κ2) is 8.88. The van der Waals surface area contributed by atoms with Gasteiger partial charge in [0.05, 0.1) is 12.6 Å². The summed E-state index contributed by atoms with van der Waals surface area (Å²) >= 11 is 0. The standard InChI is InChI=1S/C20H21F3N4O4/c1-12(2)14-11-31-16(10-28)26(14)15-8-9-24-18(25-15)27(19(29)30)17(20(21,22)23)13-6-4-3-5-7-13/h3-10,12,14,16-17H,11H2,1-2H3,(H,29,30)/t14-,16?,17?/m1/s1. The van der Waals surface area contributed by atoms with Crippen molar-refractivity contribution in [1.82, 2.24) is 9.97 Å². The van der Waals surface area contributed by atoms with Gasteiger partial charge in [0.2, 0.25) is 5.95 Å². The molecule has 3 rings (SSSR count). The molecule has 2 aromatic rings. The van der Waals surface area contributed by atoms with Gasteiger partial charge in [-0.25, -0.2) is 14.7 Å². The molecule has 2 heterocycles. The summed E-state index contributed by atoms with van der Waals surface area (Å²) in [5, 5.41) is 9.67. The molecule has 0 saturated carbocycles. The highest BCUT2D eigenvalue weighted by Gasteiger charge is 2.49. The summed E-state index contributed by atoms with van der Waals surface area (Å²) in [6.45, 7) is 4.02. The number of amides is 1. The number of benzene rings is 1. The molecule has 1 fully saturated rings. The third-order valence-corrected chi connectivity index (χ3v) is 4.95. The lowest BCUT2D eigenvalue weighted by Crippen LogP contribution is -2.44. The summed E-state index contributed by atoms with van der Waals surface area (Å²) in [4.78, 5) is 32.9. The van der Waals surface area contributed by atoms with Crippen molar-refractivity contribution >= 4 is 24.1 Å². The first kappa shape index (κ1) is 22.5. The van der Waals surface area contributed by atoms with Crippen LogP contribution in [0.1, 0.15) is 25.5 Å². The molecule has 0 bridgehead atoms. The Balaban J connectivity index is 2.09. The van der Waals surface area contributed by atoms with Gasteiger partial charge < -0.3 is 14.7 Å². The molecular weight excluding hydrogens is 417 g/mol. The molecule has 31 heavy (non-hydrogen) atoms. The fourth-order valence-corrected chi connectivity index (χ4v) is 3.50. The van der Waals surface area contributed by atoms with Gasteiger partial charge in [-0.2, -0.15) is 18.2 Å². The van der Waals surface area contributed by atoms with E-state index >= 15 is 0 Å². The van der Waals surface area contributed by atoms with Gasteiger partial charge in [-0.1, -0.05) is 44.2 Å². The normalized spacial score (nSPS) is 20.0. The van der Waals surface area contributed by atoms with Gasteiger partial charge in [-0.15, -0.1) is 0 Å². The largest absolute Gasteiger partial charge is 0.465 e. The number of aromatic nitrogens is 2. The van der Waals surface area contributed by atoms with Crippen molar-refractivity contribution in [2.75, 3.05) is 16.4 Å². The van der Waals surface area contributed by atoms with Gasteiger partial charge >= 0.3 is 12.3 Å². The SMILES string of the molecule is CC(C)[C@H]1COC(C=O)N1c1ccnc(N(C(=O)O)C(c2ccccc2)C(F)(F)F)n1. The number of alkyl halides is 3. The highest BCUT2D eigenvalue weighted by Crippen LogP contribution is 2.40. The minimum atomic E-state index is -4.93. The Bertz CT molecular complexity index is 926. The molecule has 8 nitrogen and oxygen atoms in total. The molecule has 11 heteroatoms. The Morgan fingerprint density at radius 3 is 2.52 bits per heavy atom. The van der Waals surface area contributed by atoms with E-state index in [1.54, 1.807) is 0 Å². The van der Waals surface area contributed by atoms with Gasteiger partial charge in [0, 0.05) is 6.20 Å². The van der Waals surface area contributed by atoms with E-state index in [-0.39, 0.29) is 34.8 Å². The zero-order valence-electron chi connectivity index (χ0n) is 16.7. The Morgan fingerprint density at radius 1 is 1.29 bits per heavy atom. The molecule has 1 aliphatic rings. The summed E-state index contributed by atoms with van der Waals surface area (Å²) in [7, 11) is 0. The molecule has 1 aliphatic heterocycles. The first-order valence-corrected chi connectivity index (χ1v) is 9.47. The van der Waals surface area contributed by atoms with Crippen molar-refractivity contribution in [3.63, 3.8) is 0 Å². The molecule has 1 amide bonds. The minimum absolute atomic E-state index is 0.0335. The number of carbonyl (C=O) groups is 2. The number of halogens is 3. The minimum Gasteiger partial charge on any atom is -0.465 e. The van der Waals surface area contributed by atoms with E-state index in [1.165, 1.54) is 41.3 Å². The smallest absolute Gasteiger partial charge is 0.415 e. The number of nitrogens with zero attached hydrogens (tertiary/aromatic N) is 4. The lowest BCUT2D eigenvalue weighted by molar-refractivity contribution is -0.149. The highest BCUT2D eigenvalue weighted by atomic mass is 19.4. The summed E-state index contributed by atoms with van der Waals surface area (Å²) in [6, 6.07) is 5.27. The van der Waals surface area contributed by atoms with Crippen molar-refractivity contribution in [3.05, 3.63) is 48.2 Å². The van der Waals surface area contributed by atoms with Crippen LogP contribution in [-0.4, -0.2) is 52.5 Å². The maximum atomic E-state index is 14.0. The van der Waals surface area contributed by atoms with Crippen LogP contribution in [-0.2, 0) is 9.53 Å². The third-order valence-electron chi connectivity index (χ3n) is 4.95. The molecule has 0 aliphatic carbocycles. The van der Waals surface area contributed by atoms with E-state index in [2.05, 4.69) is 9.97 Å². The van der Waals surface area contributed by atoms with Crippen LogP contribution in [0.4, 0.5) is 29.7 Å². The van der Waals surface area contributed by atoms with Crippen LogP contribution in [0.2, 0.25) is 0 Å². The first-order chi connectivity index (χ1) is 14.6. The number of carbonyl (C=O) groups excluding carboxylic acids is 1. The van der Waals surface area contributed by atoms with Crippen molar-refractivity contribution in [3.8, 4) is 0 Å². The van der Waals surface area contributed by atoms with Gasteiger partial charge in [0.15, 0.2) is 18.6 Å². The Morgan fingerprint density at radius 2 is 1.97 bits per heavy atom. The lowest BCUT2D eigenvalue weighted by Gasteiger charge is -2.32. The Labute approximate surface area is 176 Å². The number of aldehydes is 1. The van der Waals surface area contributed by atoms with Crippen LogP contribution >= 0.6 is 0 Å². The molecule has 1 N–H and O–H groups in total. The predicted molar refractivity (Wildman–Crippen MR) is 105 cm³/mol. The van der Waals surface area contributed by atoms with Crippen molar-refractivity contribution in [1.29, 1.82) is 0 Å². The van der Waals surface area contributed by atoms with Crippen molar-refractivity contribution in [2.24, 2.45) is 5.92 Å². The topological polar surface area (TPSA) is 95.9 Å². The molecule has 1 saturated heterocycles. The summed E-state index contributed by atoms with van der Waals surface area (Å²) in [5.74, 6) is -0.528. The van der Waals surface area contributed by atoms with Crippen LogP contribution < -0.4 is 9.80 Å². The van der Waals surface area contributed by atoms with Gasteiger partial charge in [-0.05, 0) is 17.5 Å². The number of carboxylic acid groups (broad SMARTS) is 1. The first-order valence-electron chi connectivity index (χ1n) is 9.47. The second-order valence-corrected chi connectivity index (χ2v) is 7.30. The van der Waals surface area contributed by atoms with Crippen LogP contribution in [0.15, 0.2) is 42.6 Å². The van der Waals surface area contributed by atoms with Crippen LogP contribution in [0, 0.1) is 5.92 Å². The molecule has 2 unspecified atom stereocenters. The van der Waals surface area contributed by atoms with E-state index < -0.39 is 30.5 Å². The molecule has 0 radical (unpaired) electrons. The van der Waals surface area contributed by atoms with Crippen molar-refractivity contribution < 1.29 is 32.6 Å². The number of hydrogen-bond acceptors (Lipinski definition) is 6. The number of hydrogen-bond donors (Lipinski definition) is 1. The van der Waals surface area contributed by atoms with E-state index in [4.69, 9.17) is 4.74 Å². The Hall–Kier alpha value is -3.21. The summed E-state index contributed by atoms with van der Waals surface area (Å²) in [6.07, 6.45) is -6.07. The van der Waals surface area contributed by atoms with E-state index in [0.29, 0.717) is 6.29 Å². The average molecular weight is 438 g/mol. The number of anilines is 2. The summed E-state index contributed by atoms with van der Waals surface area (Å²) < 4.78 is 47.3. The van der Waals surface area contributed by atoms with Gasteiger partial charge in [0.1, 0.15) is 5.82 Å². The predicted octanol–water partition coefficient (Wildman–Crippen LogP) is 3.65. The second-order valence-electron chi connectivity index (χ2n) is 7.30. The highest BCUT2D eigenvalue weighted by molar-refractivity contribution is 5.85. The van der Waals surface area contributed by atoms with E-state index in [1.807, 2.05) is 13.8 Å². The lowest BCUT2D eigenvalue weighted by atomic mass is 10.0. The molecule has 1 aromatic carbocycles. The zero-order valence-corrected chi connectivity index (χ0v) is 16.7. The Kier molecular flexibility index (Phi) is 6.44. The molecule has 166 valence electrons. The number of rotatable bonds is 6. The van der Waals surface area contributed by atoms with Crippen LogP contribution in [0.25, 0.3) is 0 Å². The fraction of sp³-hybridized carbons (Fsp3) is 0.400.